The Balaban J connectivity index is 1.84. The van der Waals surface area contributed by atoms with Crippen LogP contribution < -0.4 is 4.74 Å². The Labute approximate surface area is 201 Å². The van der Waals surface area contributed by atoms with Crippen molar-refractivity contribution in [2.24, 2.45) is 0 Å². The van der Waals surface area contributed by atoms with E-state index in [-0.39, 0.29) is 0 Å². The average molecular weight is 632 g/mol. The van der Waals surface area contributed by atoms with Crippen molar-refractivity contribution in [1.82, 2.24) is 0 Å². The molecule has 0 N–H and O–H groups in total. The van der Waals surface area contributed by atoms with Crippen LogP contribution in [-0.2, 0) is 6.61 Å². The minimum absolute atomic E-state index is 0.463. The summed E-state index contributed by atoms with van der Waals surface area (Å²) in [7, 11) is 0. The van der Waals surface area contributed by atoms with Crippen molar-refractivity contribution in [1.29, 1.82) is 5.26 Å². The fraction of sp³-hybridized carbons (Fsp3) is 0.0455. The Bertz CT molecular complexity index is 1050. The van der Waals surface area contributed by atoms with Gasteiger partial charge in [0, 0.05) is 10.0 Å². The molecule has 3 aromatic carbocycles. The molecule has 0 aliphatic heterocycles. The maximum Gasteiger partial charge on any atom is 0.146 e. The van der Waals surface area contributed by atoms with E-state index in [1.807, 2.05) is 54.6 Å². The first kappa shape index (κ1) is 21.4. The molecule has 0 amide bonds. The molecule has 0 heterocycles. The van der Waals surface area contributed by atoms with Gasteiger partial charge in [-0.3, -0.25) is 0 Å². The van der Waals surface area contributed by atoms with E-state index >= 15 is 0 Å². The number of nitriles is 1. The lowest BCUT2D eigenvalue weighted by Crippen LogP contribution is -1.99. The minimum Gasteiger partial charge on any atom is -0.487 e. The van der Waals surface area contributed by atoms with E-state index in [1.54, 1.807) is 12.1 Å². The second-order valence-electron chi connectivity index (χ2n) is 5.91. The highest BCUT2D eigenvalue weighted by molar-refractivity contribution is 14.1. The molecule has 0 bridgehead atoms. The summed E-state index contributed by atoms with van der Waals surface area (Å²) in [5.41, 5.74) is 3.34. The largest absolute Gasteiger partial charge is 0.487 e. The number of halogens is 4. The SMILES string of the molecule is N#C/C(=C/c1cc(I)c(OCc2ccc(Cl)cc2)c(I)c1)c1cccc(Cl)c1. The van der Waals surface area contributed by atoms with Crippen molar-refractivity contribution in [3.8, 4) is 11.8 Å². The third kappa shape index (κ3) is 5.63. The predicted molar refractivity (Wildman–Crippen MR) is 133 cm³/mol. The molecule has 3 rings (SSSR count). The second-order valence-corrected chi connectivity index (χ2v) is 9.11. The number of allylic oxidation sites excluding steroid dienone is 1. The van der Waals surface area contributed by atoms with Gasteiger partial charge in [0.1, 0.15) is 12.4 Å². The van der Waals surface area contributed by atoms with Gasteiger partial charge in [0.25, 0.3) is 0 Å². The molecule has 0 aromatic heterocycles. The van der Waals surface area contributed by atoms with E-state index in [0.717, 1.165) is 29.6 Å². The molecule has 0 aliphatic rings. The average Bonchev–Trinajstić information content (AvgIpc) is 2.67. The highest BCUT2D eigenvalue weighted by Gasteiger charge is 2.10. The zero-order valence-electron chi connectivity index (χ0n) is 14.4. The summed E-state index contributed by atoms with van der Waals surface area (Å²) in [6, 6.07) is 21.1. The van der Waals surface area contributed by atoms with E-state index in [1.165, 1.54) is 0 Å². The van der Waals surface area contributed by atoms with Gasteiger partial charge >= 0.3 is 0 Å². The standard InChI is InChI=1S/C22H13Cl2I2NO/c23-18-6-4-14(5-7-18)13-28-22-20(25)9-15(10-21(22)26)8-17(12-27)16-2-1-3-19(24)11-16/h1-11H,13H2/b17-8-. The van der Waals surface area contributed by atoms with Crippen LogP contribution in [0.15, 0.2) is 60.7 Å². The van der Waals surface area contributed by atoms with Crippen molar-refractivity contribution in [3.63, 3.8) is 0 Å². The van der Waals surface area contributed by atoms with Crippen LogP contribution in [0.25, 0.3) is 11.6 Å². The van der Waals surface area contributed by atoms with Crippen LogP contribution in [0.3, 0.4) is 0 Å². The maximum atomic E-state index is 9.56. The lowest BCUT2D eigenvalue weighted by atomic mass is 10.0. The van der Waals surface area contributed by atoms with E-state index in [2.05, 4.69) is 51.3 Å². The van der Waals surface area contributed by atoms with Crippen molar-refractivity contribution in [2.75, 3.05) is 0 Å². The summed E-state index contributed by atoms with van der Waals surface area (Å²) in [4.78, 5) is 0. The highest BCUT2D eigenvalue weighted by atomic mass is 127. The number of hydrogen-bond acceptors (Lipinski definition) is 2. The fourth-order valence-electron chi connectivity index (χ4n) is 2.54. The van der Waals surface area contributed by atoms with Gasteiger partial charge in [0.05, 0.1) is 18.8 Å². The maximum absolute atomic E-state index is 9.56. The van der Waals surface area contributed by atoms with Crippen LogP contribution in [0.1, 0.15) is 16.7 Å². The molecule has 0 aliphatic carbocycles. The van der Waals surface area contributed by atoms with Crippen molar-refractivity contribution in [2.45, 2.75) is 6.61 Å². The van der Waals surface area contributed by atoms with Crippen molar-refractivity contribution < 1.29 is 4.74 Å². The van der Waals surface area contributed by atoms with Crippen molar-refractivity contribution in [3.05, 3.63) is 94.5 Å². The molecule has 0 radical (unpaired) electrons. The van der Waals surface area contributed by atoms with E-state index in [4.69, 9.17) is 27.9 Å². The molecule has 2 nitrogen and oxygen atoms in total. The lowest BCUT2D eigenvalue weighted by Gasteiger charge is -2.12. The molecule has 0 fully saturated rings. The van der Waals surface area contributed by atoms with Gasteiger partial charge in [-0.1, -0.05) is 47.5 Å². The summed E-state index contributed by atoms with van der Waals surface area (Å²) < 4.78 is 7.98. The molecule has 0 saturated heterocycles. The molecule has 0 unspecified atom stereocenters. The van der Waals surface area contributed by atoms with Gasteiger partial charge in [-0.25, -0.2) is 0 Å². The molecule has 28 heavy (non-hydrogen) atoms. The zero-order chi connectivity index (χ0) is 20.1. The molecule has 0 spiro atoms. The van der Waals surface area contributed by atoms with Gasteiger partial charge in [0.15, 0.2) is 0 Å². The molecule has 140 valence electrons. The van der Waals surface area contributed by atoms with Crippen LogP contribution in [0, 0.1) is 18.5 Å². The Morgan fingerprint density at radius 3 is 2.25 bits per heavy atom. The van der Waals surface area contributed by atoms with Gasteiger partial charge < -0.3 is 4.74 Å². The summed E-state index contributed by atoms with van der Waals surface area (Å²) >= 11 is 16.5. The zero-order valence-corrected chi connectivity index (χ0v) is 20.3. The smallest absolute Gasteiger partial charge is 0.146 e. The Hall–Kier alpha value is -1.27. The molecule has 0 atom stereocenters. The molecule has 6 heteroatoms. The van der Waals surface area contributed by atoms with Crippen LogP contribution >= 0.6 is 68.4 Å². The summed E-state index contributed by atoms with van der Waals surface area (Å²) in [5.74, 6) is 0.828. The predicted octanol–water partition coefficient (Wildman–Crippen LogP) is 7.85. The number of hydrogen-bond donors (Lipinski definition) is 0. The number of nitrogens with zero attached hydrogens (tertiary/aromatic N) is 1. The minimum atomic E-state index is 0.463. The lowest BCUT2D eigenvalue weighted by molar-refractivity contribution is 0.302. The Morgan fingerprint density at radius 1 is 0.964 bits per heavy atom. The van der Waals surface area contributed by atoms with Gasteiger partial charge in [-0.2, -0.15) is 5.26 Å². The first-order valence-corrected chi connectivity index (χ1v) is 11.1. The van der Waals surface area contributed by atoms with Gasteiger partial charge in [0.2, 0.25) is 0 Å². The van der Waals surface area contributed by atoms with Gasteiger partial charge in [-0.05, 0) is 104 Å². The molecule has 3 aromatic rings. The Kier molecular flexibility index (Phi) is 7.63. The topological polar surface area (TPSA) is 33.0 Å². The number of ether oxygens (including phenoxy) is 1. The molecular formula is C22H13Cl2I2NO. The van der Waals surface area contributed by atoms with Crippen LogP contribution in [-0.4, -0.2) is 0 Å². The normalized spacial score (nSPS) is 11.2. The number of rotatable bonds is 5. The fourth-order valence-corrected chi connectivity index (χ4v) is 4.98. The quantitative estimate of drug-likeness (QED) is 0.163. The van der Waals surface area contributed by atoms with Gasteiger partial charge in [-0.15, -0.1) is 0 Å². The summed E-state index contributed by atoms with van der Waals surface area (Å²) in [6.07, 6.45) is 1.86. The molecular weight excluding hydrogens is 619 g/mol. The third-order valence-electron chi connectivity index (χ3n) is 3.88. The van der Waals surface area contributed by atoms with Crippen molar-refractivity contribution >= 4 is 80.0 Å². The first-order chi connectivity index (χ1) is 13.5. The number of benzene rings is 3. The highest BCUT2D eigenvalue weighted by Crippen LogP contribution is 2.31. The monoisotopic (exact) mass is 631 g/mol. The summed E-state index contributed by atoms with van der Waals surface area (Å²) in [6.45, 7) is 0.463. The van der Waals surface area contributed by atoms with Crippen LogP contribution in [0.5, 0.6) is 5.75 Å². The Morgan fingerprint density at radius 2 is 1.64 bits per heavy atom. The van der Waals surface area contributed by atoms with E-state index in [0.29, 0.717) is 22.2 Å². The van der Waals surface area contributed by atoms with E-state index in [9.17, 15) is 5.26 Å². The molecule has 0 saturated carbocycles. The summed E-state index contributed by atoms with van der Waals surface area (Å²) in [5, 5.41) is 10.9. The van der Waals surface area contributed by atoms with Crippen LogP contribution in [0.4, 0.5) is 0 Å². The second kappa shape index (κ2) is 9.97. The first-order valence-electron chi connectivity index (χ1n) is 8.20. The van der Waals surface area contributed by atoms with E-state index < -0.39 is 0 Å². The van der Waals surface area contributed by atoms with Crippen LogP contribution in [0.2, 0.25) is 10.0 Å². The third-order valence-corrected chi connectivity index (χ3v) is 5.97.